The first kappa shape index (κ1) is 22.5. The molecule has 1 unspecified atom stereocenters. The number of hydrogen-bond acceptors (Lipinski definition) is 6. The summed E-state index contributed by atoms with van der Waals surface area (Å²) >= 11 is 6.15. The van der Waals surface area contributed by atoms with Gasteiger partial charge in [-0.1, -0.05) is 29.8 Å². The van der Waals surface area contributed by atoms with Gasteiger partial charge in [-0.15, -0.1) is 0 Å². The first-order valence-corrected chi connectivity index (χ1v) is 11.1. The lowest BCUT2D eigenvalue weighted by Gasteiger charge is -2.31. The van der Waals surface area contributed by atoms with Crippen LogP contribution >= 0.6 is 11.6 Å². The molecule has 1 aromatic carbocycles. The molecule has 9 heteroatoms. The van der Waals surface area contributed by atoms with Gasteiger partial charge in [-0.05, 0) is 35.9 Å². The van der Waals surface area contributed by atoms with Crippen molar-refractivity contribution in [2.45, 2.75) is 5.54 Å². The first-order valence-electron chi connectivity index (χ1n) is 10.7. The van der Waals surface area contributed by atoms with Gasteiger partial charge in [0.05, 0.1) is 23.9 Å². The second kappa shape index (κ2) is 8.47. The largest absolute Gasteiger partial charge is 0.336 e. The van der Waals surface area contributed by atoms with E-state index in [0.29, 0.717) is 32.9 Å². The third-order valence-electron chi connectivity index (χ3n) is 6.19. The second-order valence-corrected chi connectivity index (χ2v) is 8.71. The highest BCUT2D eigenvalue weighted by Crippen LogP contribution is 2.36. The number of halogens is 1. The molecule has 0 radical (unpaired) electrons. The van der Waals surface area contributed by atoms with Crippen LogP contribution in [0.1, 0.15) is 22.5 Å². The summed E-state index contributed by atoms with van der Waals surface area (Å²) in [5.74, 6) is 0. The molecule has 4 aromatic heterocycles. The molecular weight excluding hydrogens is 462 g/mol. The van der Waals surface area contributed by atoms with Crippen molar-refractivity contribution in [1.82, 2.24) is 24.1 Å². The third-order valence-corrected chi connectivity index (χ3v) is 6.44. The average Bonchev–Trinajstić information content (AvgIpc) is 3.32. The molecule has 0 aliphatic carbocycles. The van der Waals surface area contributed by atoms with E-state index < -0.39 is 5.54 Å². The van der Waals surface area contributed by atoms with Crippen molar-refractivity contribution in [3.8, 4) is 17.3 Å². The molecule has 8 nitrogen and oxygen atoms in total. The zero-order chi connectivity index (χ0) is 24.7. The fraction of sp³-hybridized carbons (Fsp3) is 0.115. The molecular formula is C26H20ClN7O. The van der Waals surface area contributed by atoms with Crippen LogP contribution in [0, 0.1) is 11.3 Å². The van der Waals surface area contributed by atoms with Crippen LogP contribution < -0.4 is 11.3 Å². The van der Waals surface area contributed by atoms with Gasteiger partial charge in [-0.2, -0.15) is 5.26 Å². The van der Waals surface area contributed by atoms with Crippen LogP contribution in [0.4, 0.5) is 0 Å². The topological polar surface area (TPSA) is 115 Å². The fourth-order valence-corrected chi connectivity index (χ4v) is 4.44. The molecule has 0 saturated carbocycles. The summed E-state index contributed by atoms with van der Waals surface area (Å²) in [6.07, 6.45) is 5.08. The highest BCUT2D eigenvalue weighted by Gasteiger charge is 2.35. The molecule has 5 rings (SSSR count). The molecule has 0 saturated heterocycles. The molecule has 0 spiro atoms. The van der Waals surface area contributed by atoms with E-state index in [9.17, 15) is 10.1 Å². The van der Waals surface area contributed by atoms with Gasteiger partial charge in [-0.3, -0.25) is 9.36 Å². The molecule has 5 aromatic rings. The monoisotopic (exact) mass is 481 g/mol. The minimum Gasteiger partial charge on any atom is -0.336 e. The van der Waals surface area contributed by atoms with Gasteiger partial charge in [0, 0.05) is 47.9 Å². The standard InChI is InChI=1S/C26H20ClN7O/c1-33-15-30-14-23(33)26(29,16-6-8-18(27)9-7-16)17-10-21-20(22-5-3-4-19(12-28)32-22)11-24(35)34(2)25(21)31-13-17/h3-11,13-15H,29H2,1-2H3. The van der Waals surface area contributed by atoms with Crippen LogP contribution in [0.15, 0.2) is 78.1 Å². The van der Waals surface area contributed by atoms with E-state index in [1.54, 1.807) is 56.1 Å². The Labute approximate surface area is 205 Å². The summed E-state index contributed by atoms with van der Waals surface area (Å²) in [6, 6.07) is 17.9. The number of pyridine rings is 3. The van der Waals surface area contributed by atoms with Gasteiger partial charge < -0.3 is 10.3 Å². The summed E-state index contributed by atoms with van der Waals surface area (Å²) in [5, 5.41) is 10.6. The lowest BCUT2D eigenvalue weighted by molar-refractivity contribution is 0.594. The van der Waals surface area contributed by atoms with Crippen molar-refractivity contribution >= 4 is 22.6 Å². The smallest absolute Gasteiger partial charge is 0.252 e. The molecule has 172 valence electrons. The highest BCUT2D eigenvalue weighted by molar-refractivity contribution is 6.30. The van der Waals surface area contributed by atoms with Crippen LogP contribution in [0.2, 0.25) is 5.02 Å². The number of fused-ring (bicyclic) bond motifs is 1. The van der Waals surface area contributed by atoms with Crippen molar-refractivity contribution in [3.63, 3.8) is 0 Å². The summed E-state index contributed by atoms with van der Waals surface area (Å²) < 4.78 is 3.33. The van der Waals surface area contributed by atoms with E-state index in [0.717, 1.165) is 11.3 Å². The summed E-state index contributed by atoms with van der Waals surface area (Å²) in [4.78, 5) is 26.1. The maximum absolute atomic E-state index is 12.7. The Bertz CT molecular complexity index is 1680. The summed E-state index contributed by atoms with van der Waals surface area (Å²) in [6.45, 7) is 0. The predicted octanol–water partition coefficient (Wildman–Crippen LogP) is 3.50. The SMILES string of the molecule is Cn1cncc1C(N)(c1ccc(Cl)cc1)c1cnc2c(c1)c(-c1cccc(C#N)n1)cc(=O)n2C. The molecule has 2 N–H and O–H groups in total. The summed E-state index contributed by atoms with van der Waals surface area (Å²) in [7, 11) is 3.54. The van der Waals surface area contributed by atoms with Gasteiger partial charge in [0.25, 0.3) is 5.56 Å². The fourth-order valence-electron chi connectivity index (χ4n) is 4.31. The Morgan fingerprint density at radius 3 is 2.51 bits per heavy atom. The first-order chi connectivity index (χ1) is 16.8. The number of hydrogen-bond donors (Lipinski definition) is 1. The summed E-state index contributed by atoms with van der Waals surface area (Å²) in [5.41, 5.74) is 9.85. The number of aromatic nitrogens is 5. The van der Waals surface area contributed by atoms with Crippen LogP contribution in [0.3, 0.4) is 0 Å². The molecule has 0 aliphatic rings. The van der Waals surface area contributed by atoms with Gasteiger partial charge in [-0.25, -0.2) is 15.0 Å². The van der Waals surface area contributed by atoms with E-state index in [2.05, 4.69) is 15.0 Å². The van der Waals surface area contributed by atoms with Gasteiger partial charge in [0.1, 0.15) is 22.9 Å². The van der Waals surface area contributed by atoms with Gasteiger partial charge >= 0.3 is 0 Å². The number of imidazole rings is 1. The molecule has 0 fully saturated rings. The van der Waals surface area contributed by atoms with E-state index in [1.165, 1.54) is 10.6 Å². The number of rotatable bonds is 4. The maximum atomic E-state index is 12.7. The van der Waals surface area contributed by atoms with E-state index >= 15 is 0 Å². The van der Waals surface area contributed by atoms with Gasteiger partial charge in [0.2, 0.25) is 0 Å². The Hall–Kier alpha value is -4.32. The minimum absolute atomic E-state index is 0.236. The molecule has 1 atom stereocenters. The second-order valence-electron chi connectivity index (χ2n) is 8.27. The Balaban J connectivity index is 1.84. The van der Waals surface area contributed by atoms with Crippen molar-refractivity contribution in [2.75, 3.05) is 0 Å². The lowest BCUT2D eigenvalue weighted by Crippen LogP contribution is -2.41. The molecule has 35 heavy (non-hydrogen) atoms. The minimum atomic E-state index is -1.12. The average molecular weight is 482 g/mol. The number of nitrogens with two attached hydrogens (primary N) is 1. The molecule has 0 bridgehead atoms. The molecule has 0 aliphatic heterocycles. The molecule has 0 amide bonds. The van der Waals surface area contributed by atoms with E-state index in [4.69, 9.17) is 17.3 Å². The normalized spacial score (nSPS) is 12.9. The number of nitrogens with zero attached hydrogens (tertiary/aromatic N) is 6. The maximum Gasteiger partial charge on any atom is 0.252 e. The van der Waals surface area contributed by atoms with Crippen LogP contribution in [-0.4, -0.2) is 24.1 Å². The van der Waals surface area contributed by atoms with Gasteiger partial charge in [0.15, 0.2) is 0 Å². The van der Waals surface area contributed by atoms with Crippen molar-refractivity contribution in [2.24, 2.45) is 19.8 Å². The van der Waals surface area contributed by atoms with Crippen molar-refractivity contribution in [3.05, 3.63) is 111 Å². The zero-order valence-corrected chi connectivity index (χ0v) is 19.7. The highest BCUT2D eigenvalue weighted by atomic mass is 35.5. The van der Waals surface area contributed by atoms with Crippen LogP contribution in [0.25, 0.3) is 22.3 Å². The zero-order valence-electron chi connectivity index (χ0n) is 19.0. The Morgan fingerprint density at radius 1 is 1.06 bits per heavy atom. The van der Waals surface area contributed by atoms with Crippen LogP contribution in [0.5, 0.6) is 0 Å². The van der Waals surface area contributed by atoms with E-state index in [1.807, 2.05) is 35.9 Å². The number of benzene rings is 1. The quantitative estimate of drug-likeness (QED) is 0.420. The molecule has 4 heterocycles. The number of nitriles is 1. The van der Waals surface area contributed by atoms with Crippen LogP contribution in [-0.2, 0) is 19.6 Å². The third kappa shape index (κ3) is 3.67. The van der Waals surface area contributed by atoms with Crippen molar-refractivity contribution in [1.29, 1.82) is 5.26 Å². The Morgan fingerprint density at radius 2 is 1.83 bits per heavy atom. The van der Waals surface area contributed by atoms with E-state index in [-0.39, 0.29) is 11.3 Å². The van der Waals surface area contributed by atoms with Crippen molar-refractivity contribution < 1.29 is 0 Å². The predicted molar refractivity (Wildman–Crippen MR) is 134 cm³/mol. The lowest BCUT2D eigenvalue weighted by atomic mass is 9.81. The Kier molecular flexibility index (Phi) is 5.44. The number of aryl methyl sites for hydroxylation is 2.